The van der Waals surface area contributed by atoms with Gasteiger partial charge in [-0.05, 0) is 42.3 Å². The number of amides is 1. The van der Waals surface area contributed by atoms with Gasteiger partial charge in [0.2, 0.25) is 0 Å². The van der Waals surface area contributed by atoms with Gasteiger partial charge in [0, 0.05) is 30.3 Å². The maximum Gasteiger partial charge on any atom is 0.295 e. The molecule has 1 fully saturated rings. The Bertz CT molecular complexity index is 1030. The molecule has 1 amide bonds. The molecule has 0 spiro atoms. The Hall–Kier alpha value is -2.84. The van der Waals surface area contributed by atoms with E-state index in [2.05, 4.69) is 15.9 Å². The van der Waals surface area contributed by atoms with Crippen LogP contribution in [0.4, 0.5) is 0 Å². The maximum atomic E-state index is 13.0. The number of methoxy groups -OCH3 is 1. The molecule has 7 nitrogen and oxygen atoms in total. The molecule has 4 rings (SSSR count). The van der Waals surface area contributed by atoms with Crippen molar-refractivity contribution in [2.75, 3.05) is 33.5 Å². The molecule has 2 aliphatic heterocycles. The smallest absolute Gasteiger partial charge is 0.295 e. The number of halogens is 1. The van der Waals surface area contributed by atoms with Gasteiger partial charge in [0.05, 0.1) is 11.6 Å². The Kier molecular flexibility index (Phi) is 6.29. The van der Waals surface area contributed by atoms with Crippen molar-refractivity contribution >= 4 is 33.4 Å². The lowest BCUT2D eigenvalue weighted by Crippen LogP contribution is -2.31. The summed E-state index contributed by atoms with van der Waals surface area (Å²) in [7, 11) is 1.59. The van der Waals surface area contributed by atoms with E-state index in [4.69, 9.17) is 14.2 Å². The minimum absolute atomic E-state index is 0.0569. The lowest BCUT2D eigenvalue weighted by Gasteiger charge is -2.25. The molecule has 0 aliphatic carbocycles. The largest absolute Gasteiger partial charge is 0.507 e. The van der Waals surface area contributed by atoms with Crippen LogP contribution in [0.1, 0.15) is 23.6 Å². The molecular formula is C23H22BrNO6. The first-order chi connectivity index (χ1) is 15.0. The summed E-state index contributed by atoms with van der Waals surface area (Å²) < 4.78 is 17.1. The molecule has 0 aromatic heterocycles. The van der Waals surface area contributed by atoms with E-state index in [1.165, 1.54) is 4.90 Å². The molecule has 1 N–H and O–H groups in total. The van der Waals surface area contributed by atoms with Crippen molar-refractivity contribution in [1.29, 1.82) is 0 Å². The van der Waals surface area contributed by atoms with E-state index >= 15 is 0 Å². The van der Waals surface area contributed by atoms with Crippen LogP contribution in [0.25, 0.3) is 5.76 Å². The Morgan fingerprint density at radius 2 is 1.84 bits per heavy atom. The first-order valence-corrected chi connectivity index (χ1v) is 10.7. The van der Waals surface area contributed by atoms with Crippen LogP contribution in [0.5, 0.6) is 11.5 Å². The van der Waals surface area contributed by atoms with Crippen molar-refractivity contribution in [2.45, 2.75) is 12.5 Å². The standard InChI is InChI=1S/C23H22BrNO6/c1-29-10-2-9-25-20(14-3-6-16(24)7-4-14)19(22(27)23(25)28)21(26)15-5-8-17-18(13-15)31-12-11-30-17/h3-8,13,20,26H,2,9-12H2,1H3/b21-19+. The van der Waals surface area contributed by atoms with E-state index in [9.17, 15) is 14.7 Å². The Labute approximate surface area is 188 Å². The monoisotopic (exact) mass is 487 g/mol. The van der Waals surface area contributed by atoms with E-state index in [1.807, 2.05) is 24.3 Å². The molecule has 31 heavy (non-hydrogen) atoms. The second kappa shape index (κ2) is 9.11. The average molecular weight is 488 g/mol. The molecule has 1 unspecified atom stereocenters. The first kappa shape index (κ1) is 21.4. The molecule has 2 heterocycles. The number of ether oxygens (including phenoxy) is 3. The molecule has 1 atom stereocenters. The number of benzene rings is 2. The highest BCUT2D eigenvalue weighted by Gasteiger charge is 2.45. The number of hydrogen-bond donors (Lipinski definition) is 1. The number of Topliss-reactive ketones (excluding diaryl/α,β-unsaturated/α-hetero) is 1. The summed E-state index contributed by atoms with van der Waals surface area (Å²) in [5, 5.41) is 11.1. The Balaban J connectivity index is 1.79. The number of nitrogens with zero attached hydrogens (tertiary/aromatic N) is 1. The second-order valence-corrected chi connectivity index (χ2v) is 8.16. The van der Waals surface area contributed by atoms with Crippen LogP contribution in [0.3, 0.4) is 0 Å². The molecule has 0 bridgehead atoms. The summed E-state index contributed by atoms with van der Waals surface area (Å²) in [6.07, 6.45) is 0.570. The Morgan fingerprint density at radius 1 is 1.13 bits per heavy atom. The fourth-order valence-corrected chi connectivity index (χ4v) is 4.09. The molecular weight excluding hydrogens is 466 g/mol. The zero-order chi connectivity index (χ0) is 22.0. The number of carbonyl (C=O) groups is 2. The summed E-state index contributed by atoms with van der Waals surface area (Å²) in [5.74, 6) is -0.518. The van der Waals surface area contributed by atoms with Crippen LogP contribution in [0.15, 0.2) is 52.5 Å². The van der Waals surface area contributed by atoms with Crippen LogP contribution in [-0.4, -0.2) is 55.2 Å². The number of aliphatic hydroxyl groups is 1. The lowest BCUT2D eigenvalue weighted by atomic mass is 9.95. The molecule has 2 aliphatic rings. The van der Waals surface area contributed by atoms with E-state index < -0.39 is 17.7 Å². The van der Waals surface area contributed by atoms with Gasteiger partial charge in [-0.25, -0.2) is 0 Å². The van der Waals surface area contributed by atoms with Gasteiger partial charge in [0.15, 0.2) is 11.5 Å². The van der Waals surface area contributed by atoms with Crippen LogP contribution >= 0.6 is 15.9 Å². The predicted octanol–water partition coefficient (Wildman–Crippen LogP) is 3.68. The topological polar surface area (TPSA) is 85.3 Å². The average Bonchev–Trinajstić information content (AvgIpc) is 3.04. The highest BCUT2D eigenvalue weighted by atomic mass is 79.9. The van der Waals surface area contributed by atoms with Gasteiger partial charge < -0.3 is 24.2 Å². The summed E-state index contributed by atoms with van der Waals surface area (Å²) >= 11 is 3.41. The number of ketones is 1. The van der Waals surface area contributed by atoms with E-state index in [0.29, 0.717) is 49.8 Å². The zero-order valence-electron chi connectivity index (χ0n) is 17.0. The highest BCUT2D eigenvalue weighted by Crippen LogP contribution is 2.41. The van der Waals surface area contributed by atoms with Gasteiger partial charge in [0.25, 0.3) is 11.7 Å². The third-order valence-corrected chi connectivity index (χ3v) is 5.82. The number of carbonyl (C=O) groups excluding carboxylic acids is 2. The number of aliphatic hydroxyl groups excluding tert-OH is 1. The number of rotatable bonds is 6. The van der Waals surface area contributed by atoms with Crippen molar-refractivity contribution in [3.8, 4) is 11.5 Å². The maximum absolute atomic E-state index is 13.0. The van der Waals surface area contributed by atoms with Crippen molar-refractivity contribution in [3.05, 3.63) is 63.6 Å². The van der Waals surface area contributed by atoms with Gasteiger partial charge in [-0.1, -0.05) is 28.1 Å². The zero-order valence-corrected chi connectivity index (χ0v) is 18.6. The van der Waals surface area contributed by atoms with Gasteiger partial charge in [0.1, 0.15) is 19.0 Å². The quantitative estimate of drug-likeness (QED) is 0.289. The molecule has 0 radical (unpaired) electrons. The highest BCUT2D eigenvalue weighted by molar-refractivity contribution is 9.10. The summed E-state index contributed by atoms with van der Waals surface area (Å²) in [5.41, 5.74) is 1.18. The van der Waals surface area contributed by atoms with Gasteiger partial charge in [-0.2, -0.15) is 0 Å². The summed E-state index contributed by atoms with van der Waals surface area (Å²) in [6, 6.07) is 11.6. The third kappa shape index (κ3) is 4.18. The molecule has 0 saturated carbocycles. The summed E-state index contributed by atoms with van der Waals surface area (Å²) in [6.45, 7) is 1.64. The number of fused-ring (bicyclic) bond motifs is 1. The van der Waals surface area contributed by atoms with Gasteiger partial charge >= 0.3 is 0 Å². The van der Waals surface area contributed by atoms with Crippen molar-refractivity contribution in [3.63, 3.8) is 0 Å². The van der Waals surface area contributed by atoms with Crippen molar-refractivity contribution in [2.24, 2.45) is 0 Å². The predicted molar refractivity (Wildman–Crippen MR) is 117 cm³/mol. The number of hydrogen-bond acceptors (Lipinski definition) is 6. The van der Waals surface area contributed by atoms with E-state index in [1.54, 1.807) is 25.3 Å². The molecule has 2 aromatic rings. The van der Waals surface area contributed by atoms with E-state index in [0.717, 1.165) is 10.0 Å². The van der Waals surface area contributed by atoms with Crippen LogP contribution in [0.2, 0.25) is 0 Å². The number of likely N-dealkylation sites (tertiary alicyclic amines) is 1. The normalized spacial score (nSPS) is 19.7. The van der Waals surface area contributed by atoms with Gasteiger partial charge in [-0.15, -0.1) is 0 Å². The third-order valence-electron chi connectivity index (χ3n) is 5.29. The molecule has 8 heteroatoms. The SMILES string of the molecule is COCCCN1C(=O)C(=O)/C(=C(/O)c2ccc3c(c2)OCCO3)C1c1ccc(Br)cc1. The first-order valence-electron chi connectivity index (χ1n) is 9.94. The Morgan fingerprint density at radius 3 is 2.55 bits per heavy atom. The van der Waals surface area contributed by atoms with Crippen molar-refractivity contribution < 1.29 is 28.9 Å². The van der Waals surface area contributed by atoms with Crippen LogP contribution in [-0.2, 0) is 14.3 Å². The van der Waals surface area contributed by atoms with Crippen molar-refractivity contribution in [1.82, 2.24) is 4.90 Å². The minimum atomic E-state index is -0.710. The molecule has 162 valence electrons. The minimum Gasteiger partial charge on any atom is -0.507 e. The molecule has 2 aromatic carbocycles. The summed E-state index contributed by atoms with van der Waals surface area (Å²) in [4.78, 5) is 27.4. The fraction of sp³-hybridized carbons (Fsp3) is 0.304. The van der Waals surface area contributed by atoms with Gasteiger partial charge in [-0.3, -0.25) is 9.59 Å². The fourth-order valence-electron chi connectivity index (χ4n) is 3.83. The lowest BCUT2D eigenvalue weighted by molar-refractivity contribution is -0.140. The van der Waals surface area contributed by atoms with Crippen LogP contribution < -0.4 is 9.47 Å². The van der Waals surface area contributed by atoms with E-state index in [-0.39, 0.29) is 11.3 Å². The van der Waals surface area contributed by atoms with Crippen LogP contribution in [0, 0.1) is 0 Å². The second-order valence-electron chi connectivity index (χ2n) is 7.25. The molecule has 1 saturated heterocycles.